The lowest BCUT2D eigenvalue weighted by Crippen LogP contribution is -2.32. The van der Waals surface area contributed by atoms with Gasteiger partial charge in [0.25, 0.3) is 0 Å². The first-order valence-electron chi connectivity index (χ1n) is 5.81. The number of carbonyl (C=O) groups excluding carboxylic acids is 1. The Balaban J connectivity index is 2.68. The fourth-order valence-corrected chi connectivity index (χ4v) is 1.24. The van der Waals surface area contributed by atoms with E-state index in [0.717, 1.165) is 0 Å². The largest absolute Gasteiger partial charge is 0.476 e. The monoisotopic (exact) mass is 253 g/mol. The van der Waals surface area contributed by atoms with Crippen LogP contribution in [0.2, 0.25) is 0 Å². The summed E-state index contributed by atoms with van der Waals surface area (Å²) >= 11 is 0. The van der Waals surface area contributed by atoms with Crippen molar-refractivity contribution in [2.24, 2.45) is 0 Å². The Morgan fingerprint density at radius 1 is 1.50 bits per heavy atom. The molecule has 1 rings (SSSR count). The van der Waals surface area contributed by atoms with Crippen molar-refractivity contribution in [1.82, 2.24) is 14.9 Å². The zero-order valence-corrected chi connectivity index (χ0v) is 10.9. The van der Waals surface area contributed by atoms with Crippen LogP contribution in [0.1, 0.15) is 13.8 Å². The second kappa shape index (κ2) is 6.63. The highest BCUT2D eigenvalue weighted by Crippen LogP contribution is 2.24. The number of aromatic nitrogens is 2. The molecule has 0 saturated carbocycles. The van der Waals surface area contributed by atoms with E-state index in [4.69, 9.17) is 10.5 Å². The van der Waals surface area contributed by atoms with Gasteiger partial charge in [0.15, 0.2) is 5.82 Å². The van der Waals surface area contributed by atoms with Gasteiger partial charge in [0, 0.05) is 13.6 Å². The van der Waals surface area contributed by atoms with E-state index in [1.807, 2.05) is 13.8 Å². The molecule has 0 bridgehead atoms. The molecule has 1 heterocycles. The van der Waals surface area contributed by atoms with E-state index in [2.05, 4.69) is 15.3 Å². The molecule has 1 amide bonds. The Kier molecular flexibility index (Phi) is 5.16. The first kappa shape index (κ1) is 14.0. The normalized spacial score (nSPS) is 9.94. The number of anilines is 2. The summed E-state index contributed by atoms with van der Waals surface area (Å²) < 4.78 is 5.24. The van der Waals surface area contributed by atoms with Crippen LogP contribution in [0.3, 0.4) is 0 Å². The van der Waals surface area contributed by atoms with Crippen molar-refractivity contribution in [2.75, 3.05) is 37.8 Å². The highest BCUT2D eigenvalue weighted by Gasteiger charge is 2.11. The highest BCUT2D eigenvalue weighted by molar-refractivity contribution is 5.81. The molecule has 0 atom stereocenters. The number of amides is 1. The van der Waals surface area contributed by atoms with E-state index in [9.17, 15) is 4.79 Å². The number of ether oxygens (including phenoxy) is 1. The average Bonchev–Trinajstić information content (AvgIpc) is 2.38. The summed E-state index contributed by atoms with van der Waals surface area (Å²) in [6.07, 6.45) is 1.34. The maximum atomic E-state index is 11.6. The van der Waals surface area contributed by atoms with Crippen molar-refractivity contribution in [3.05, 3.63) is 6.33 Å². The van der Waals surface area contributed by atoms with Crippen LogP contribution in [0.5, 0.6) is 5.88 Å². The van der Waals surface area contributed by atoms with Gasteiger partial charge in [0.2, 0.25) is 11.8 Å². The molecular weight excluding hydrogens is 234 g/mol. The first-order chi connectivity index (χ1) is 8.60. The lowest BCUT2D eigenvalue weighted by atomic mass is 10.4. The molecule has 3 N–H and O–H groups in total. The zero-order valence-electron chi connectivity index (χ0n) is 10.9. The molecule has 0 aliphatic rings. The summed E-state index contributed by atoms with van der Waals surface area (Å²) in [5.41, 5.74) is 6.14. The Morgan fingerprint density at radius 2 is 2.22 bits per heavy atom. The van der Waals surface area contributed by atoms with Gasteiger partial charge in [-0.1, -0.05) is 0 Å². The molecule has 0 spiro atoms. The van der Waals surface area contributed by atoms with Gasteiger partial charge < -0.3 is 20.7 Å². The number of hydrogen-bond donors (Lipinski definition) is 2. The van der Waals surface area contributed by atoms with Crippen LogP contribution >= 0.6 is 0 Å². The molecule has 100 valence electrons. The van der Waals surface area contributed by atoms with E-state index >= 15 is 0 Å². The van der Waals surface area contributed by atoms with Crippen molar-refractivity contribution in [1.29, 1.82) is 0 Å². The van der Waals surface area contributed by atoms with Gasteiger partial charge in [-0.15, -0.1) is 0 Å². The minimum Gasteiger partial charge on any atom is -0.476 e. The van der Waals surface area contributed by atoms with Crippen LogP contribution in [0, 0.1) is 0 Å². The maximum Gasteiger partial charge on any atom is 0.242 e. The highest BCUT2D eigenvalue weighted by atomic mass is 16.5. The minimum atomic E-state index is -0.0338. The van der Waals surface area contributed by atoms with E-state index < -0.39 is 0 Å². The van der Waals surface area contributed by atoms with E-state index in [1.54, 1.807) is 11.9 Å². The molecule has 0 radical (unpaired) electrons. The smallest absolute Gasteiger partial charge is 0.242 e. The second-order valence-corrected chi connectivity index (χ2v) is 3.64. The minimum absolute atomic E-state index is 0.0338. The number of likely N-dealkylation sites (N-methyl/N-ethyl adjacent to an activating group) is 1. The summed E-state index contributed by atoms with van der Waals surface area (Å²) in [4.78, 5) is 21.1. The molecular formula is C11H19N5O2. The molecule has 0 unspecified atom stereocenters. The third-order valence-corrected chi connectivity index (χ3v) is 2.44. The summed E-state index contributed by atoms with van der Waals surface area (Å²) in [5.74, 6) is 0.700. The molecule has 18 heavy (non-hydrogen) atoms. The molecule has 0 saturated heterocycles. The SMILES string of the molecule is CCOc1ncnc(NCC(=O)N(C)CC)c1N. The van der Waals surface area contributed by atoms with Gasteiger partial charge in [-0.25, -0.2) is 4.98 Å². The van der Waals surface area contributed by atoms with Crippen LogP contribution < -0.4 is 15.8 Å². The molecule has 0 aliphatic heterocycles. The van der Waals surface area contributed by atoms with E-state index in [-0.39, 0.29) is 12.5 Å². The van der Waals surface area contributed by atoms with Crippen molar-refractivity contribution < 1.29 is 9.53 Å². The van der Waals surface area contributed by atoms with E-state index in [0.29, 0.717) is 30.5 Å². The van der Waals surface area contributed by atoms with Gasteiger partial charge in [0.1, 0.15) is 12.0 Å². The quantitative estimate of drug-likeness (QED) is 0.759. The Morgan fingerprint density at radius 3 is 2.83 bits per heavy atom. The van der Waals surface area contributed by atoms with Crippen LogP contribution in [0.25, 0.3) is 0 Å². The summed E-state index contributed by atoms with van der Waals surface area (Å²) in [6.45, 7) is 5.01. The lowest BCUT2D eigenvalue weighted by Gasteiger charge is -2.16. The first-order valence-corrected chi connectivity index (χ1v) is 5.81. The van der Waals surface area contributed by atoms with Gasteiger partial charge >= 0.3 is 0 Å². The number of nitrogen functional groups attached to an aromatic ring is 1. The van der Waals surface area contributed by atoms with Crippen molar-refractivity contribution >= 4 is 17.4 Å². The standard InChI is InChI=1S/C11H19N5O2/c1-4-16(3)8(17)6-13-10-9(12)11(18-5-2)15-7-14-10/h7H,4-6,12H2,1-3H3,(H,13,14,15). The zero-order chi connectivity index (χ0) is 13.5. The second-order valence-electron chi connectivity index (χ2n) is 3.64. The van der Waals surface area contributed by atoms with Crippen molar-refractivity contribution in [3.63, 3.8) is 0 Å². The molecule has 1 aromatic heterocycles. The topological polar surface area (TPSA) is 93.4 Å². The Hall–Kier alpha value is -2.05. The van der Waals surface area contributed by atoms with Crippen molar-refractivity contribution in [2.45, 2.75) is 13.8 Å². The summed E-state index contributed by atoms with van der Waals surface area (Å²) in [5, 5.41) is 2.88. The van der Waals surface area contributed by atoms with Crippen LogP contribution in [0.4, 0.5) is 11.5 Å². The number of nitrogens with two attached hydrogens (primary N) is 1. The summed E-state index contributed by atoms with van der Waals surface area (Å²) in [6, 6.07) is 0. The number of nitrogens with one attached hydrogen (secondary N) is 1. The third-order valence-electron chi connectivity index (χ3n) is 2.44. The fraction of sp³-hybridized carbons (Fsp3) is 0.545. The third kappa shape index (κ3) is 3.47. The van der Waals surface area contributed by atoms with Gasteiger partial charge in [-0.2, -0.15) is 4.98 Å². The summed E-state index contributed by atoms with van der Waals surface area (Å²) in [7, 11) is 1.74. The average molecular weight is 253 g/mol. The molecule has 0 fully saturated rings. The Labute approximate surface area is 106 Å². The van der Waals surface area contributed by atoms with Gasteiger partial charge in [-0.05, 0) is 13.8 Å². The van der Waals surface area contributed by atoms with Crippen LogP contribution in [-0.2, 0) is 4.79 Å². The number of rotatable bonds is 6. The molecule has 1 aromatic rings. The molecule has 0 aromatic carbocycles. The Bertz CT molecular complexity index is 410. The van der Waals surface area contributed by atoms with Crippen molar-refractivity contribution in [3.8, 4) is 5.88 Å². The molecule has 0 aliphatic carbocycles. The van der Waals surface area contributed by atoms with Crippen LogP contribution in [0.15, 0.2) is 6.33 Å². The molecule has 7 nitrogen and oxygen atoms in total. The molecule has 7 heteroatoms. The number of nitrogens with zero attached hydrogens (tertiary/aromatic N) is 3. The van der Waals surface area contributed by atoms with Crippen LogP contribution in [-0.4, -0.2) is 47.5 Å². The number of carbonyl (C=O) groups is 1. The lowest BCUT2D eigenvalue weighted by molar-refractivity contribution is -0.127. The maximum absolute atomic E-state index is 11.6. The van der Waals surface area contributed by atoms with Gasteiger partial charge in [-0.3, -0.25) is 4.79 Å². The number of hydrogen-bond acceptors (Lipinski definition) is 6. The predicted molar refractivity (Wildman–Crippen MR) is 69.4 cm³/mol. The van der Waals surface area contributed by atoms with E-state index in [1.165, 1.54) is 6.33 Å². The predicted octanol–water partition coefficient (Wildman–Crippen LogP) is 0.348. The fourth-order valence-electron chi connectivity index (χ4n) is 1.24. The van der Waals surface area contributed by atoms with Gasteiger partial charge in [0.05, 0.1) is 13.2 Å².